The van der Waals surface area contributed by atoms with Crippen molar-refractivity contribution in [3.63, 3.8) is 0 Å². The molecule has 2 unspecified atom stereocenters. The first-order valence-electron chi connectivity index (χ1n) is 10.4. The number of nitrogens with one attached hydrogen (secondary N) is 2. The number of carbonyl (C=O) groups excluding carboxylic acids is 2. The Bertz CT molecular complexity index is 1010. The van der Waals surface area contributed by atoms with E-state index < -0.39 is 24.3 Å². The van der Waals surface area contributed by atoms with Crippen LogP contribution in [0.15, 0.2) is 24.4 Å². The van der Waals surface area contributed by atoms with Crippen molar-refractivity contribution in [2.45, 2.75) is 56.7 Å². The van der Waals surface area contributed by atoms with E-state index in [0.29, 0.717) is 24.2 Å². The van der Waals surface area contributed by atoms with Gasteiger partial charge in [-0.1, -0.05) is 0 Å². The molecule has 0 aliphatic heterocycles. The minimum absolute atomic E-state index is 0.0123. The van der Waals surface area contributed by atoms with Gasteiger partial charge in [0.05, 0.1) is 12.0 Å². The summed E-state index contributed by atoms with van der Waals surface area (Å²) in [6.07, 6.45) is -3.02. The van der Waals surface area contributed by atoms with E-state index in [1.54, 1.807) is 18.2 Å². The van der Waals surface area contributed by atoms with Crippen molar-refractivity contribution < 1.29 is 27.5 Å². The molecule has 0 saturated heterocycles. The topological polar surface area (TPSA) is 123 Å². The molecular formula is C21H24F3N5O3. The molecule has 2 fully saturated rings. The molecule has 4 atom stereocenters. The van der Waals surface area contributed by atoms with Gasteiger partial charge in [0.15, 0.2) is 5.82 Å². The maximum atomic E-state index is 13.0. The number of rotatable bonds is 6. The quantitative estimate of drug-likeness (QED) is 0.611. The van der Waals surface area contributed by atoms with Gasteiger partial charge >= 0.3 is 12.3 Å². The third kappa shape index (κ3) is 4.86. The van der Waals surface area contributed by atoms with Crippen LogP contribution in [-0.4, -0.2) is 39.0 Å². The molecule has 172 valence electrons. The zero-order chi connectivity index (χ0) is 23.1. The standard InChI is InChI=1S/C21H24F3N5O3/c1-11-2-3-14(9-26-11)18(30)27-17-7-16(28-29-17)13-5-4-12(6-13)15-8-20(15,32-19(25)31)10-21(22,23)24/h2-3,7,9,12-13,15H,4-6,8,10H2,1H3,(H2,25,31)(H2,27,28,29,30)/t12-,13+,15?,20?/m1/s1. The first-order valence-corrected chi connectivity index (χ1v) is 10.4. The number of aryl methyl sites for hydroxylation is 1. The number of hydrogen-bond acceptors (Lipinski definition) is 5. The Morgan fingerprint density at radius 2 is 2.12 bits per heavy atom. The van der Waals surface area contributed by atoms with E-state index in [-0.39, 0.29) is 30.1 Å². The summed E-state index contributed by atoms with van der Waals surface area (Å²) in [6, 6.07) is 5.15. The van der Waals surface area contributed by atoms with Gasteiger partial charge in [0, 0.05) is 35.5 Å². The molecule has 2 aliphatic carbocycles. The Kier molecular flexibility index (Phi) is 5.59. The summed E-state index contributed by atoms with van der Waals surface area (Å²) < 4.78 is 44.0. The van der Waals surface area contributed by atoms with Crippen molar-refractivity contribution in [3.8, 4) is 0 Å². The summed E-state index contributed by atoms with van der Waals surface area (Å²) in [7, 11) is 0. The highest BCUT2D eigenvalue weighted by molar-refractivity contribution is 6.03. The highest BCUT2D eigenvalue weighted by atomic mass is 19.4. The van der Waals surface area contributed by atoms with Crippen molar-refractivity contribution in [2.75, 3.05) is 5.32 Å². The average molecular weight is 451 g/mol. The molecule has 0 bridgehead atoms. The van der Waals surface area contributed by atoms with E-state index in [2.05, 4.69) is 20.5 Å². The largest absolute Gasteiger partial charge is 0.442 e. The number of pyridine rings is 1. The number of primary amides is 1. The van der Waals surface area contributed by atoms with Crippen LogP contribution in [0.4, 0.5) is 23.8 Å². The Hall–Kier alpha value is -3.11. The maximum absolute atomic E-state index is 13.0. The van der Waals surface area contributed by atoms with E-state index >= 15 is 0 Å². The maximum Gasteiger partial charge on any atom is 0.405 e. The van der Waals surface area contributed by atoms with Crippen molar-refractivity contribution >= 4 is 17.8 Å². The van der Waals surface area contributed by atoms with Gasteiger partial charge in [0.25, 0.3) is 5.91 Å². The smallest absolute Gasteiger partial charge is 0.405 e. The molecule has 0 spiro atoms. The lowest BCUT2D eigenvalue weighted by atomic mass is 9.95. The molecule has 2 aromatic heterocycles. The van der Waals surface area contributed by atoms with Crippen LogP contribution in [0, 0.1) is 18.8 Å². The lowest BCUT2D eigenvalue weighted by Gasteiger charge is -2.21. The molecule has 4 rings (SSSR count). The van der Waals surface area contributed by atoms with Gasteiger partial charge < -0.3 is 15.8 Å². The fourth-order valence-electron chi connectivity index (χ4n) is 4.87. The summed E-state index contributed by atoms with van der Waals surface area (Å²) in [5.74, 6) is -0.279. The molecule has 2 aromatic rings. The van der Waals surface area contributed by atoms with Crippen LogP contribution in [0.5, 0.6) is 0 Å². The second kappa shape index (κ2) is 8.10. The van der Waals surface area contributed by atoms with Crippen LogP contribution in [0.25, 0.3) is 0 Å². The summed E-state index contributed by atoms with van der Waals surface area (Å²) in [4.78, 5) is 27.6. The van der Waals surface area contributed by atoms with Crippen molar-refractivity contribution in [2.24, 2.45) is 17.6 Å². The molecule has 11 heteroatoms. The zero-order valence-corrected chi connectivity index (χ0v) is 17.4. The number of halogens is 3. The third-order valence-corrected chi connectivity index (χ3v) is 6.38. The summed E-state index contributed by atoms with van der Waals surface area (Å²) in [5.41, 5.74) is 5.50. The van der Waals surface area contributed by atoms with Gasteiger partial charge in [-0.05, 0) is 50.7 Å². The average Bonchev–Trinajstić information content (AvgIpc) is 3.06. The lowest BCUT2D eigenvalue weighted by Crippen LogP contribution is -2.32. The molecule has 0 aromatic carbocycles. The Labute approximate surface area is 182 Å². The van der Waals surface area contributed by atoms with Crippen LogP contribution in [0.1, 0.15) is 59.8 Å². The number of H-pyrrole nitrogens is 1. The molecule has 4 N–H and O–H groups in total. The number of ether oxygens (including phenoxy) is 1. The van der Waals surface area contributed by atoms with Crippen LogP contribution >= 0.6 is 0 Å². The van der Waals surface area contributed by atoms with Crippen molar-refractivity contribution in [3.05, 3.63) is 41.3 Å². The van der Waals surface area contributed by atoms with Gasteiger partial charge in [-0.3, -0.25) is 14.9 Å². The fraction of sp³-hybridized carbons (Fsp3) is 0.524. The van der Waals surface area contributed by atoms with Crippen LogP contribution in [-0.2, 0) is 4.74 Å². The van der Waals surface area contributed by atoms with E-state index in [1.165, 1.54) is 6.20 Å². The minimum atomic E-state index is -4.44. The molecule has 32 heavy (non-hydrogen) atoms. The summed E-state index contributed by atoms with van der Waals surface area (Å²) in [5, 5.41) is 9.76. The number of aromatic amines is 1. The number of anilines is 1. The second-order valence-corrected chi connectivity index (χ2v) is 8.71. The summed E-state index contributed by atoms with van der Waals surface area (Å²) in [6.45, 7) is 1.82. The molecule has 8 nitrogen and oxygen atoms in total. The van der Waals surface area contributed by atoms with E-state index in [4.69, 9.17) is 10.5 Å². The first-order chi connectivity index (χ1) is 15.0. The highest BCUT2D eigenvalue weighted by Gasteiger charge is 2.65. The van der Waals surface area contributed by atoms with Gasteiger partial charge in [0.1, 0.15) is 5.60 Å². The monoisotopic (exact) mass is 451 g/mol. The van der Waals surface area contributed by atoms with E-state index in [9.17, 15) is 22.8 Å². The van der Waals surface area contributed by atoms with E-state index in [1.807, 2.05) is 6.92 Å². The van der Waals surface area contributed by atoms with Crippen molar-refractivity contribution in [1.82, 2.24) is 15.2 Å². The van der Waals surface area contributed by atoms with Gasteiger partial charge in [-0.15, -0.1) is 0 Å². The fourth-order valence-corrected chi connectivity index (χ4v) is 4.87. The van der Waals surface area contributed by atoms with Gasteiger partial charge in [-0.2, -0.15) is 18.3 Å². The minimum Gasteiger partial charge on any atom is -0.442 e. The molecule has 0 radical (unpaired) electrons. The van der Waals surface area contributed by atoms with E-state index in [0.717, 1.165) is 17.8 Å². The zero-order valence-electron chi connectivity index (χ0n) is 17.4. The number of amides is 2. The predicted molar refractivity (Wildman–Crippen MR) is 108 cm³/mol. The molecule has 2 saturated carbocycles. The second-order valence-electron chi connectivity index (χ2n) is 8.71. The van der Waals surface area contributed by atoms with Crippen LogP contribution < -0.4 is 11.1 Å². The van der Waals surface area contributed by atoms with Crippen LogP contribution in [0.3, 0.4) is 0 Å². The normalized spacial score (nSPS) is 27.2. The predicted octanol–water partition coefficient (Wildman–Crippen LogP) is 4.06. The Morgan fingerprint density at radius 3 is 2.78 bits per heavy atom. The Morgan fingerprint density at radius 1 is 1.34 bits per heavy atom. The molecule has 2 heterocycles. The number of nitrogens with two attached hydrogens (primary N) is 1. The molecule has 2 aliphatic rings. The lowest BCUT2D eigenvalue weighted by molar-refractivity contribution is -0.160. The van der Waals surface area contributed by atoms with Gasteiger partial charge in [0.2, 0.25) is 0 Å². The number of carbonyl (C=O) groups is 2. The van der Waals surface area contributed by atoms with Crippen molar-refractivity contribution in [1.29, 1.82) is 0 Å². The first kappa shape index (κ1) is 22.1. The SMILES string of the molecule is Cc1ccc(C(=O)Nc2cc([C@H]3CC[C@@H](C4CC4(CC(F)(F)F)OC(N)=O)C3)[nH]n2)cn1. The van der Waals surface area contributed by atoms with Crippen LogP contribution in [0.2, 0.25) is 0 Å². The van der Waals surface area contributed by atoms with Gasteiger partial charge in [-0.25, -0.2) is 4.79 Å². The third-order valence-electron chi connectivity index (χ3n) is 6.38. The number of hydrogen-bond donors (Lipinski definition) is 3. The number of nitrogens with zero attached hydrogens (tertiary/aromatic N) is 2. The highest BCUT2D eigenvalue weighted by Crippen LogP contribution is 2.61. The Balaban J connectivity index is 1.37. The number of aromatic nitrogens is 3. The summed E-state index contributed by atoms with van der Waals surface area (Å²) >= 11 is 0. The molecule has 2 amide bonds. The molecular weight excluding hydrogens is 427 g/mol. The number of alkyl halides is 3.